The van der Waals surface area contributed by atoms with Gasteiger partial charge in [0.05, 0.1) is 16.2 Å². The summed E-state index contributed by atoms with van der Waals surface area (Å²) in [5.41, 5.74) is 0.947. The molecule has 4 rings (SSSR count). The fraction of sp³-hybridized carbons (Fsp3) is 0.0870. The lowest BCUT2D eigenvalue weighted by atomic mass is 10.1. The third-order valence-electron chi connectivity index (χ3n) is 4.43. The van der Waals surface area contributed by atoms with Crippen molar-refractivity contribution in [1.82, 2.24) is 10.1 Å². The molecule has 33 heavy (non-hydrogen) atoms. The molecular formula is C23H18N4O6. The van der Waals surface area contributed by atoms with Gasteiger partial charge < -0.3 is 19.3 Å². The van der Waals surface area contributed by atoms with Gasteiger partial charge in [-0.15, -0.1) is 0 Å². The van der Waals surface area contributed by atoms with Gasteiger partial charge in [0.15, 0.2) is 13.2 Å². The first-order valence-corrected chi connectivity index (χ1v) is 9.85. The Kier molecular flexibility index (Phi) is 6.55. The standard InChI is InChI=1S/C23H18N4O6/c28-22(15-32-18-12-10-16(11-13-18)27(29)30)24-20-9-5-4-8-19(20)23-25-21(26-33-23)14-31-17-6-2-1-3-7-17/h1-13H,14-15H2,(H,24,28). The predicted molar refractivity (Wildman–Crippen MR) is 118 cm³/mol. The number of amides is 1. The molecule has 0 bridgehead atoms. The average Bonchev–Trinajstić information content (AvgIpc) is 3.31. The molecule has 0 unspecified atom stereocenters. The van der Waals surface area contributed by atoms with Crippen LogP contribution in [0.3, 0.4) is 0 Å². The van der Waals surface area contributed by atoms with E-state index in [9.17, 15) is 14.9 Å². The van der Waals surface area contributed by atoms with E-state index in [0.717, 1.165) is 0 Å². The molecule has 0 saturated carbocycles. The number of anilines is 1. The molecule has 0 aliphatic heterocycles. The summed E-state index contributed by atoms with van der Waals surface area (Å²) in [5, 5.41) is 17.4. The molecule has 10 heteroatoms. The van der Waals surface area contributed by atoms with Crippen LogP contribution in [-0.2, 0) is 11.4 Å². The van der Waals surface area contributed by atoms with Crippen LogP contribution in [0.5, 0.6) is 11.5 Å². The summed E-state index contributed by atoms with van der Waals surface area (Å²) >= 11 is 0. The van der Waals surface area contributed by atoms with Gasteiger partial charge in [-0.2, -0.15) is 4.98 Å². The van der Waals surface area contributed by atoms with Gasteiger partial charge in [0.1, 0.15) is 11.5 Å². The minimum absolute atomic E-state index is 0.0613. The van der Waals surface area contributed by atoms with Gasteiger partial charge in [-0.25, -0.2) is 0 Å². The Morgan fingerprint density at radius 2 is 1.64 bits per heavy atom. The Morgan fingerprint density at radius 3 is 2.39 bits per heavy atom. The van der Waals surface area contributed by atoms with Gasteiger partial charge in [-0.05, 0) is 36.4 Å². The average molecular weight is 446 g/mol. The van der Waals surface area contributed by atoms with Crippen LogP contribution in [0.15, 0.2) is 83.4 Å². The number of nitro groups is 1. The molecule has 0 fully saturated rings. The molecule has 0 aliphatic carbocycles. The zero-order valence-corrected chi connectivity index (χ0v) is 17.2. The van der Waals surface area contributed by atoms with E-state index in [1.807, 2.05) is 30.3 Å². The lowest BCUT2D eigenvalue weighted by Gasteiger charge is -2.09. The number of nitro benzene ring substituents is 1. The van der Waals surface area contributed by atoms with E-state index in [4.69, 9.17) is 14.0 Å². The number of carbonyl (C=O) groups excluding carboxylic acids is 1. The number of benzene rings is 3. The number of hydrogen-bond acceptors (Lipinski definition) is 8. The van der Waals surface area contributed by atoms with Crippen molar-refractivity contribution in [3.05, 3.63) is 94.8 Å². The molecule has 3 aromatic carbocycles. The molecule has 1 heterocycles. The highest BCUT2D eigenvalue weighted by Crippen LogP contribution is 2.27. The van der Waals surface area contributed by atoms with Crippen LogP contribution in [0.4, 0.5) is 11.4 Å². The minimum atomic E-state index is -0.510. The second kappa shape index (κ2) is 10.1. The molecule has 0 spiro atoms. The molecule has 10 nitrogen and oxygen atoms in total. The second-order valence-corrected chi connectivity index (χ2v) is 6.75. The molecule has 166 valence electrons. The molecule has 1 amide bonds. The van der Waals surface area contributed by atoms with Crippen molar-refractivity contribution in [1.29, 1.82) is 0 Å². The van der Waals surface area contributed by atoms with E-state index in [-0.39, 0.29) is 24.8 Å². The highest BCUT2D eigenvalue weighted by Gasteiger charge is 2.15. The monoisotopic (exact) mass is 446 g/mol. The first-order valence-electron chi connectivity index (χ1n) is 9.85. The third-order valence-corrected chi connectivity index (χ3v) is 4.43. The number of ether oxygens (including phenoxy) is 2. The van der Waals surface area contributed by atoms with Gasteiger partial charge in [-0.1, -0.05) is 35.5 Å². The van der Waals surface area contributed by atoms with Gasteiger partial charge in [-0.3, -0.25) is 14.9 Å². The number of carbonyl (C=O) groups is 1. The summed E-state index contributed by atoms with van der Waals surface area (Å²) in [7, 11) is 0. The first kappa shape index (κ1) is 21.5. The van der Waals surface area contributed by atoms with Gasteiger partial charge in [0.25, 0.3) is 17.5 Å². The zero-order chi connectivity index (χ0) is 23.0. The lowest BCUT2D eigenvalue weighted by Crippen LogP contribution is -2.20. The molecule has 0 atom stereocenters. The number of hydrogen-bond donors (Lipinski definition) is 1. The maximum Gasteiger partial charge on any atom is 0.269 e. The van der Waals surface area contributed by atoms with E-state index >= 15 is 0 Å². The van der Waals surface area contributed by atoms with Crippen molar-refractivity contribution in [3.63, 3.8) is 0 Å². The largest absolute Gasteiger partial charge is 0.485 e. The molecule has 1 N–H and O–H groups in total. The molecule has 0 saturated heterocycles. The van der Waals surface area contributed by atoms with Gasteiger partial charge in [0, 0.05) is 12.1 Å². The smallest absolute Gasteiger partial charge is 0.269 e. The van der Waals surface area contributed by atoms with Crippen LogP contribution in [0.2, 0.25) is 0 Å². The number of aromatic nitrogens is 2. The molecule has 0 radical (unpaired) electrons. The van der Waals surface area contributed by atoms with Crippen LogP contribution in [0.25, 0.3) is 11.5 Å². The maximum absolute atomic E-state index is 12.4. The molecule has 0 aliphatic rings. The fourth-order valence-electron chi connectivity index (χ4n) is 2.86. The van der Waals surface area contributed by atoms with E-state index in [1.54, 1.807) is 24.3 Å². The fourth-order valence-corrected chi connectivity index (χ4v) is 2.86. The summed E-state index contributed by atoms with van der Waals surface area (Å²) in [6, 6.07) is 21.7. The Balaban J connectivity index is 1.37. The van der Waals surface area contributed by atoms with Crippen LogP contribution in [-0.4, -0.2) is 27.6 Å². The predicted octanol–water partition coefficient (Wildman–Crippen LogP) is 4.24. The van der Waals surface area contributed by atoms with Crippen LogP contribution in [0.1, 0.15) is 5.82 Å². The van der Waals surface area contributed by atoms with Gasteiger partial charge in [0.2, 0.25) is 5.82 Å². The van der Waals surface area contributed by atoms with E-state index in [1.165, 1.54) is 24.3 Å². The summed E-state index contributed by atoms with van der Waals surface area (Å²) in [5.74, 6) is 1.19. The summed E-state index contributed by atoms with van der Waals surface area (Å²) < 4.78 is 16.4. The van der Waals surface area contributed by atoms with Crippen molar-refractivity contribution < 1.29 is 23.7 Å². The molecular weight excluding hydrogens is 428 g/mol. The van der Waals surface area contributed by atoms with Crippen molar-refractivity contribution in [2.75, 3.05) is 11.9 Å². The highest BCUT2D eigenvalue weighted by molar-refractivity contribution is 5.95. The maximum atomic E-state index is 12.4. The van der Waals surface area contributed by atoms with Crippen LogP contribution < -0.4 is 14.8 Å². The molecule has 4 aromatic rings. The summed E-state index contributed by atoms with van der Waals surface area (Å²) in [6.07, 6.45) is 0. The quantitative estimate of drug-likeness (QED) is 0.298. The van der Waals surface area contributed by atoms with E-state index < -0.39 is 10.8 Å². The van der Waals surface area contributed by atoms with Crippen molar-refractivity contribution in [3.8, 4) is 23.0 Å². The Bertz CT molecular complexity index is 1240. The van der Waals surface area contributed by atoms with Crippen LogP contribution >= 0.6 is 0 Å². The van der Waals surface area contributed by atoms with Crippen LogP contribution in [0, 0.1) is 10.1 Å². The SMILES string of the molecule is O=C(COc1ccc([N+](=O)[O-])cc1)Nc1ccccc1-c1nc(COc2ccccc2)no1. The lowest BCUT2D eigenvalue weighted by molar-refractivity contribution is -0.384. The zero-order valence-electron chi connectivity index (χ0n) is 17.2. The summed E-state index contributed by atoms with van der Waals surface area (Å²) in [4.78, 5) is 26.9. The third kappa shape index (κ3) is 5.70. The van der Waals surface area contributed by atoms with Gasteiger partial charge >= 0.3 is 0 Å². The first-order chi connectivity index (χ1) is 16.1. The second-order valence-electron chi connectivity index (χ2n) is 6.75. The number of non-ortho nitro benzene ring substituents is 1. The number of rotatable bonds is 9. The van der Waals surface area contributed by atoms with Crippen molar-refractivity contribution in [2.24, 2.45) is 0 Å². The Hall–Kier alpha value is -4.73. The number of para-hydroxylation sites is 2. The number of nitrogens with zero attached hydrogens (tertiary/aromatic N) is 3. The van der Waals surface area contributed by atoms with E-state index in [0.29, 0.717) is 28.6 Å². The normalized spacial score (nSPS) is 10.4. The Labute approximate surface area is 187 Å². The highest BCUT2D eigenvalue weighted by atomic mass is 16.6. The Morgan fingerprint density at radius 1 is 0.939 bits per heavy atom. The van der Waals surface area contributed by atoms with Crippen molar-refractivity contribution >= 4 is 17.3 Å². The van der Waals surface area contributed by atoms with E-state index in [2.05, 4.69) is 15.5 Å². The summed E-state index contributed by atoms with van der Waals surface area (Å²) in [6.45, 7) is -0.155. The number of nitrogens with one attached hydrogen (secondary N) is 1. The topological polar surface area (TPSA) is 130 Å². The minimum Gasteiger partial charge on any atom is -0.485 e. The molecule has 1 aromatic heterocycles. The van der Waals surface area contributed by atoms with Crippen molar-refractivity contribution in [2.45, 2.75) is 6.61 Å².